The van der Waals surface area contributed by atoms with Gasteiger partial charge in [-0.05, 0) is 38.3 Å². The summed E-state index contributed by atoms with van der Waals surface area (Å²) in [6, 6.07) is 7.92. The van der Waals surface area contributed by atoms with E-state index in [-0.39, 0.29) is 0 Å². The number of anilines is 1. The van der Waals surface area contributed by atoms with E-state index >= 15 is 0 Å². The molecule has 7 nitrogen and oxygen atoms in total. The van der Waals surface area contributed by atoms with Gasteiger partial charge in [0.1, 0.15) is 17.3 Å². The van der Waals surface area contributed by atoms with Crippen molar-refractivity contribution in [1.82, 2.24) is 30.1 Å². The van der Waals surface area contributed by atoms with Crippen LogP contribution in [0, 0.1) is 6.92 Å². The number of nitrogens with zero attached hydrogens (tertiary/aromatic N) is 6. The number of nitrogens with one attached hydrogen (secondary N) is 1. The van der Waals surface area contributed by atoms with Crippen LogP contribution in [0.1, 0.15) is 43.0 Å². The van der Waals surface area contributed by atoms with Crippen LogP contribution < -0.4 is 4.90 Å². The molecule has 134 valence electrons. The Kier molecular flexibility index (Phi) is 4.60. The first-order valence-electron chi connectivity index (χ1n) is 9.16. The Hall–Kier alpha value is -2.83. The SMILES string of the molecule is CCc1cc(N2CCCC(c3n[nH]c(C)n3)C2)nc(-c2ccccn2)n1. The monoisotopic (exact) mass is 349 g/mol. The van der Waals surface area contributed by atoms with E-state index in [1.807, 2.05) is 25.1 Å². The van der Waals surface area contributed by atoms with Crippen molar-refractivity contribution in [1.29, 1.82) is 0 Å². The van der Waals surface area contributed by atoms with Crippen molar-refractivity contribution < 1.29 is 0 Å². The minimum absolute atomic E-state index is 0.326. The number of aromatic amines is 1. The van der Waals surface area contributed by atoms with Gasteiger partial charge in [-0.25, -0.2) is 15.0 Å². The van der Waals surface area contributed by atoms with Gasteiger partial charge in [-0.15, -0.1) is 0 Å². The lowest BCUT2D eigenvalue weighted by atomic mass is 9.97. The van der Waals surface area contributed by atoms with Gasteiger partial charge in [-0.1, -0.05) is 13.0 Å². The van der Waals surface area contributed by atoms with E-state index in [0.29, 0.717) is 11.7 Å². The van der Waals surface area contributed by atoms with E-state index in [1.165, 1.54) is 0 Å². The summed E-state index contributed by atoms with van der Waals surface area (Å²) in [4.78, 5) is 20.7. The average molecular weight is 349 g/mol. The molecule has 0 aromatic carbocycles. The van der Waals surface area contributed by atoms with Crippen molar-refractivity contribution in [2.75, 3.05) is 18.0 Å². The molecule has 4 rings (SSSR count). The summed E-state index contributed by atoms with van der Waals surface area (Å²) < 4.78 is 0. The molecule has 0 saturated carbocycles. The zero-order valence-electron chi connectivity index (χ0n) is 15.2. The van der Waals surface area contributed by atoms with Crippen molar-refractivity contribution >= 4 is 5.82 Å². The van der Waals surface area contributed by atoms with Crippen LogP contribution in [0.15, 0.2) is 30.5 Å². The zero-order valence-corrected chi connectivity index (χ0v) is 15.2. The number of hydrogen-bond acceptors (Lipinski definition) is 6. The molecule has 0 radical (unpaired) electrons. The molecule has 1 unspecified atom stereocenters. The number of piperidine rings is 1. The molecule has 1 N–H and O–H groups in total. The predicted molar refractivity (Wildman–Crippen MR) is 99.9 cm³/mol. The van der Waals surface area contributed by atoms with Crippen LogP contribution in [0.5, 0.6) is 0 Å². The molecule has 0 bridgehead atoms. The fourth-order valence-corrected chi connectivity index (χ4v) is 3.37. The van der Waals surface area contributed by atoms with Crippen LogP contribution in [0.3, 0.4) is 0 Å². The summed E-state index contributed by atoms with van der Waals surface area (Å²) in [6.45, 7) is 5.92. The highest BCUT2D eigenvalue weighted by Gasteiger charge is 2.25. The first-order chi connectivity index (χ1) is 12.7. The van der Waals surface area contributed by atoms with E-state index in [9.17, 15) is 0 Å². The van der Waals surface area contributed by atoms with Gasteiger partial charge in [0.05, 0.1) is 0 Å². The highest BCUT2D eigenvalue weighted by Crippen LogP contribution is 2.28. The Balaban J connectivity index is 1.64. The van der Waals surface area contributed by atoms with E-state index in [2.05, 4.69) is 43.0 Å². The first-order valence-corrected chi connectivity index (χ1v) is 9.16. The normalized spacial score (nSPS) is 17.5. The Bertz CT molecular complexity index is 875. The number of pyridine rings is 1. The van der Waals surface area contributed by atoms with Crippen molar-refractivity contribution in [3.05, 3.63) is 47.8 Å². The van der Waals surface area contributed by atoms with E-state index in [0.717, 1.165) is 61.2 Å². The third-order valence-corrected chi connectivity index (χ3v) is 4.75. The molecule has 1 aliphatic heterocycles. The van der Waals surface area contributed by atoms with Gasteiger partial charge in [0.15, 0.2) is 11.6 Å². The Morgan fingerprint density at radius 3 is 2.88 bits per heavy atom. The van der Waals surface area contributed by atoms with Gasteiger partial charge in [0.25, 0.3) is 0 Å². The van der Waals surface area contributed by atoms with Gasteiger partial charge in [-0.2, -0.15) is 5.10 Å². The maximum atomic E-state index is 4.81. The third kappa shape index (κ3) is 3.42. The molecule has 3 aromatic rings. The maximum Gasteiger partial charge on any atom is 0.180 e. The Labute approximate surface area is 152 Å². The summed E-state index contributed by atoms with van der Waals surface area (Å²) in [5.74, 6) is 3.75. The fourth-order valence-electron chi connectivity index (χ4n) is 3.37. The number of aromatic nitrogens is 6. The van der Waals surface area contributed by atoms with Crippen molar-refractivity contribution in [3.8, 4) is 11.5 Å². The van der Waals surface area contributed by atoms with Gasteiger partial charge in [0, 0.05) is 37.0 Å². The minimum atomic E-state index is 0.326. The lowest BCUT2D eigenvalue weighted by molar-refractivity contribution is 0.489. The number of rotatable bonds is 4. The fraction of sp³-hybridized carbons (Fsp3) is 0.421. The molecular weight excluding hydrogens is 326 g/mol. The van der Waals surface area contributed by atoms with E-state index < -0.39 is 0 Å². The van der Waals surface area contributed by atoms with Crippen LogP contribution in [-0.4, -0.2) is 43.2 Å². The second kappa shape index (κ2) is 7.19. The molecular formula is C19H23N7. The number of aryl methyl sites for hydroxylation is 2. The van der Waals surface area contributed by atoms with Gasteiger partial charge in [0.2, 0.25) is 0 Å². The minimum Gasteiger partial charge on any atom is -0.356 e. The molecule has 26 heavy (non-hydrogen) atoms. The van der Waals surface area contributed by atoms with Crippen molar-refractivity contribution in [2.45, 2.75) is 39.0 Å². The lowest BCUT2D eigenvalue weighted by Crippen LogP contribution is -2.35. The molecule has 1 fully saturated rings. The molecule has 1 atom stereocenters. The summed E-state index contributed by atoms with van der Waals surface area (Å²) in [7, 11) is 0. The quantitative estimate of drug-likeness (QED) is 0.780. The van der Waals surface area contributed by atoms with Gasteiger partial charge < -0.3 is 4.90 Å². The smallest absolute Gasteiger partial charge is 0.180 e. The van der Waals surface area contributed by atoms with Crippen LogP contribution in [0.25, 0.3) is 11.5 Å². The van der Waals surface area contributed by atoms with E-state index in [4.69, 9.17) is 4.98 Å². The molecule has 1 aliphatic rings. The molecule has 4 heterocycles. The van der Waals surface area contributed by atoms with Gasteiger partial charge in [-0.3, -0.25) is 10.1 Å². The summed E-state index contributed by atoms with van der Waals surface area (Å²) in [5.41, 5.74) is 1.84. The topological polar surface area (TPSA) is 83.5 Å². The summed E-state index contributed by atoms with van der Waals surface area (Å²) in [5, 5.41) is 7.32. The molecule has 0 aliphatic carbocycles. The van der Waals surface area contributed by atoms with E-state index in [1.54, 1.807) is 6.20 Å². The second-order valence-electron chi connectivity index (χ2n) is 6.67. The summed E-state index contributed by atoms with van der Waals surface area (Å²) in [6.07, 6.45) is 4.85. The molecule has 1 saturated heterocycles. The van der Waals surface area contributed by atoms with Crippen LogP contribution in [0.4, 0.5) is 5.82 Å². The van der Waals surface area contributed by atoms with Crippen LogP contribution >= 0.6 is 0 Å². The lowest BCUT2D eigenvalue weighted by Gasteiger charge is -2.32. The summed E-state index contributed by atoms with van der Waals surface area (Å²) >= 11 is 0. The molecule has 3 aromatic heterocycles. The predicted octanol–water partition coefficient (Wildman–Crippen LogP) is 2.91. The molecule has 0 amide bonds. The highest BCUT2D eigenvalue weighted by molar-refractivity contribution is 5.54. The maximum absolute atomic E-state index is 4.81. The Morgan fingerprint density at radius 1 is 1.23 bits per heavy atom. The number of H-pyrrole nitrogens is 1. The van der Waals surface area contributed by atoms with Crippen LogP contribution in [-0.2, 0) is 6.42 Å². The average Bonchev–Trinajstić information content (AvgIpc) is 3.15. The van der Waals surface area contributed by atoms with Crippen LogP contribution in [0.2, 0.25) is 0 Å². The molecule has 7 heteroatoms. The second-order valence-corrected chi connectivity index (χ2v) is 6.67. The van der Waals surface area contributed by atoms with Gasteiger partial charge >= 0.3 is 0 Å². The zero-order chi connectivity index (χ0) is 17.9. The largest absolute Gasteiger partial charge is 0.356 e. The van der Waals surface area contributed by atoms with Crippen molar-refractivity contribution in [3.63, 3.8) is 0 Å². The highest BCUT2D eigenvalue weighted by atomic mass is 15.2. The third-order valence-electron chi connectivity index (χ3n) is 4.75. The number of hydrogen-bond donors (Lipinski definition) is 1. The van der Waals surface area contributed by atoms with Crippen molar-refractivity contribution in [2.24, 2.45) is 0 Å². The standard InChI is InChI=1S/C19H23N7/c1-3-15-11-17(23-19(22-15)16-8-4-5-9-20-16)26-10-6-7-14(12-26)18-21-13(2)24-25-18/h4-5,8-9,11,14H,3,6-7,10,12H2,1-2H3,(H,21,24,25). The first kappa shape index (κ1) is 16.6. The molecule has 0 spiro atoms. The Morgan fingerprint density at radius 2 is 2.15 bits per heavy atom.